The average molecular weight is 323 g/mol. The molecule has 22 heavy (non-hydrogen) atoms. The highest BCUT2D eigenvalue weighted by Gasteiger charge is 2.20. The molecule has 2 rings (SSSR count). The fourth-order valence-corrected chi connectivity index (χ4v) is 2.76. The molecular weight excluding hydrogens is 305 g/mol. The SMILES string of the molecule is CC(C)CNC(=O)[C@H](C)OC(=O)c1cc2cc(F)ccc2s1. The number of ether oxygens (including phenoxy) is 1. The monoisotopic (exact) mass is 323 g/mol. The van der Waals surface area contributed by atoms with Gasteiger partial charge in [-0.15, -0.1) is 11.3 Å². The van der Waals surface area contributed by atoms with E-state index in [0.29, 0.717) is 22.7 Å². The van der Waals surface area contributed by atoms with Gasteiger partial charge in [0.1, 0.15) is 10.7 Å². The van der Waals surface area contributed by atoms with E-state index >= 15 is 0 Å². The van der Waals surface area contributed by atoms with Crippen LogP contribution >= 0.6 is 11.3 Å². The molecule has 0 saturated carbocycles. The summed E-state index contributed by atoms with van der Waals surface area (Å²) in [7, 11) is 0. The molecule has 118 valence electrons. The van der Waals surface area contributed by atoms with Crippen LogP contribution in [0.25, 0.3) is 10.1 Å². The summed E-state index contributed by atoms with van der Waals surface area (Å²) < 4.78 is 19.1. The Balaban J connectivity index is 2.02. The molecule has 0 unspecified atom stereocenters. The Bertz CT molecular complexity index is 696. The number of fused-ring (bicyclic) bond motifs is 1. The van der Waals surface area contributed by atoms with Crippen molar-refractivity contribution in [2.45, 2.75) is 26.9 Å². The van der Waals surface area contributed by atoms with Gasteiger partial charge in [0.2, 0.25) is 0 Å². The van der Waals surface area contributed by atoms with E-state index < -0.39 is 12.1 Å². The summed E-state index contributed by atoms with van der Waals surface area (Å²) in [4.78, 5) is 24.2. The van der Waals surface area contributed by atoms with Gasteiger partial charge in [-0.3, -0.25) is 4.79 Å². The van der Waals surface area contributed by atoms with Crippen LogP contribution in [0.3, 0.4) is 0 Å². The van der Waals surface area contributed by atoms with Crippen LogP contribution in [0, 0.1) is 11.7 Å². The third kappa shape index (κ3) is 4.04. The lowest BCUT2D eigenvalue weighted by Gasteiger charge is -2.13. The van der Waals surface area contributed by atoms with Gasteiger partial charge in [-0.1, -0.05) is 13.8 Å². The molecule has 1 heterocycles. The highest BCUT2D eigenvalue weighted by Crippen LogP contribution is 2.27. The Kier molecular flexibility index (Phi) is 5.13. The molecule has 0 radical (unpaired) electrons. The van der Waals surface area contributed by atoms with Crippen molar-refractivity contribution in [1.29, 1.82) is 0 Å². The van der Waals surface area contributed by atoms with Crippen molar-refractivity contribution in [2.75, 3.05) is 6.54 Å². The molecule has 0 aliphatic rings. The van der Waals surface area contributed by atoms with Crippen molar-refractivity contribution in [3.05, 3.63) is 35.0 Å². The van der Waals surface area contributed by atoms with Crippen LogP contribution < -0.4 is 5.32 Å². The van der Waals surface area contributed by atoms with E-state index in [1.54, 1.807) is 12.1 Å². The lowest BCUT2D eigenvalue weighted by Crippen LogP contribution is -2.37. The van der Waals surface area contributed by atoms with Crippen LogP contribution in [-0.2, 0) is 9.53 Å². The predicted octanol–water partition coefficient (Wildman–Crippen LogP) is 3.36. The summed E-state index contributed by atoms with van der Waals surface area (Å²) >= 11 is 1.21. The number of hydrogen-bond donors (Lipinski definition) is 1. The molecular formula is C16H18FNO3S. The number of benzene rings is 1. The number of carbonyl (C=O) groups is 2. The number of hydrogen-bond acceptors (Lipinski definition) is 4. The van der Waals surface area contributed by atoms with Crippen LogP contribution in [0.4, 0.5) is 4.39 Å². The van der Waals surface area contributed by atoms with Gasteiger partial charge >= 0.3 is 5.97 Å². The Morgan fingerprint density at radius 2 is 2.00 bits per heavy atom. The van der Waals surface area contributed by atoms with E-state index in [4.69, 9.17) is 4.74 Å². The minimum atomic E-state index is -0.867. The minimum absolute atomic E-state index is 0.323. The third-order valence-electron chi connectivity index (χ3n) is 3.02. The van der Waals surface area contributed by atoms with Gasteiger partial charge < -0.3 is 10.1 Å². The minimum Gasteiger partial charge on any atom is -0.448 e. The summed E-state index contributed by atoms with van der Waals surface area (Å²) in [6.45, 7) is 6.02. The highest BCUT2D eigenvalue weighted by molar-refractivity contribution is 7.20. The molecule has 4 nitrogen and oxygen atoms in total. The fourth-order valence-electron chi connectivity index (χ4n) is 1.84. The van der Waals surface area contributed by atoms with Gasteiger partial charge in [0.15, 0.2) is 6.10 Å². The van der Waals surface area contributed by atoms with Crippen molar-refractivity contribution >= 4 is 33.3 Å². The Morgan fingerprint density at radius 1 is 1.27 bits per heavy atom. The molecule has 1 amide bonds. The van der Waals surface area contributed by atoms with Gasteiger partial charge in [-0.2, -0.15) is 0 Å². The molecule has 0 saturated heterocycles. The zero-order valence-corrected chi connectivity index (χ0v) is 13.5. The number of amides is 1. The molecule has 1 aromatic carbocycles. The maximum Gasteiger partial charge on any atom is 0.349 e. The van der Waals surface area contributed by atoms with Gasteiger partial charge in [-0.25, -0.2) is 9.18 Å². The van der Waals surface area contributed by atoms with E-state index in [0.717, 1.165) is 4.70 Å². The van der Waals surface area contributed by atoms with Crippen molar-refractivity contribution in [2.24, 2.45) is 5.92 Å². The second-order valence-electron chi connectivity index (χ2n) is 5.48. The molecule has 6 heteroatoms. The molecule has 1 aromatic heterocycles. The van der Waals surface area contributed by atoms with Crippen molar-refractivity contribution in [3.63, 3.8) is 0 Å². The summed E-state index contributed by atoms with van der Waals surface area (Å²) in [5.74, 6) is -0.931. The molecule has 0 fully saturated rings. The summed E-state index contributed by atoms with van der Waals surface area (Å²) in [6.07, 6.45) is -0.867. The van der Waals surface area contributed by atoms with Gasteiger partial charge in [-0.05, 0) is 42.5 Å². The summed E-state index contributed by atoms with van der Waals surface area (Å²) in [5.41, 5.74) is 0. The maximum atomic E-state index is 13.1. The highest BCUT2D eigenvalue weighted by atomic mass is 32.1. The first-order valence-electron chi connectivity index (χ1n) is 7.04. The van der Waals surface area contributed by atoms with Crippen LogP contribution in [0.15, 0.2) is 24.3 Å². The molecule has 0 spiro atoms. The van der Waals surface area contributed by atoms with Crippen LogP contribution in [0.5, 0.6) is 0 Å². The summed E-state index contributed by atoms with van der Waals surface area (Å²) in [5, 5.41) is 3.36. The second-order valence-corrected chi connectivity index (χ2v) is 6.56. The molecule has 1 N–H and O–H groups in total. The standard InChI is InChI=1S/C16H18FNO3S/c1-9(2)8-18-15(19)10(3)21-16(20)14-7-11-6-12(17)4-5-13(11)22-14/h4-7,9-10H,8H2,1-3H3,(H,18,19)/t10-/m0/s1. The van der Waals surface area contributed by atoms with E-state index in [9.17, 15) is 14.0 Å². The average Bonchev–Trinajstić information content (AvgIpc) is 2.87. The van der Waals surface area contributed by atoms with Crippen molar-refractivity contribution in [1.82, 2.24) is 5.32 Å². The van der Waals surface area contributed by atoms with Crippen LogP contribution in [0.2, 0.25) is 0 Å². The Labute approximate surface area is 132 Å². The number of nitrogens with one attached hydrogen (secondary N) is 1. The predicted molar refractivity (Wildman–Crippen MR) is 84.5 cm³/mol. The van der Waals surface area contributed by atoms with E-state index in [1.165, 1.54) is 30.4 Å². The zero-order valence-electron chi connectivity index (χ0n) is 12.7. The number of esters is 1. The van der Waals surface area contributed by atoms with Gasteiger partial charge in [0.05, 0.1) is 0 Å². The molecule has 2 aromatic rings. The quantitative estimate of drug-likeness (QED) is 0.859. The smallest absolute Gasteiger partial charge is 0.349 e. The molecule has 0 aliphatic heterocycles. The largest absolute Gasteiger partial charge is 0.448 e. The van der Waals surface area contributed by atoms with Crippen molar-refractivity contribution < 1.29 is 18.7 Å². The van der Waals surface area contributed by atoms with E-state index in [-0.39, 0.29) is 11.7 Å². The lowest BCUT2D eigenvalue weighted by atomic mass is 10.2. The van der Waals surface area contributed by atoms with E-state index in [2.05, 4.69) is 5.32 Å². The topological polar surface area (TPSA) is 55.4 Å². The van der Waals surface area contributed by atoms with Gasteiger partial charge in [0.25, 0.3) is 5.91 Å². The van der Waals surface area contributed by atoms with E-state index in [1.807, 2.05) is 13.8 Å². The number of thiophene rings is 1. The van der Waals surface area contributed by atoms with Crippen LogP contribution in [0.1, 0.15) is 30.4 Å². The zero-order chi connectivity index (χ0) is 16.3. The normalized spacial score (nSPS) is 12.4. The number of rotatable bonds is 5. The van der Waals surface area contributed by atoms with Gasteiger partial charge in [0, 0.05) is 11.2 Å². The Morgan fingerprint density at radius 3 is 2.68 bits per heavy atom. The Hall–Kier alpha value is -1.95. The molecule has 0 bridgehead atoms. The maximum absolute atomic E-state index is 13.1. The second kappa shape index (κ2) is 6.87. The van der Waals surface area contributed by atoms with Crippen LogP contribution in [-0.4, -0.2) is 24.5 Å². The first kappa shape index (κ1) is 16.4. The number of halogens is 1. The third-order valence-corrected chi connectivity index (χ3v) is 4.11. The fraction of sp³-hybridized carbons (Fsp3) is 0.375. The number of carbonyl (C=O) groups excluding carboxylic acids is 2. The first-order chi connectivity index (χ1) is 10.4. The molecule has 1 atom stereocenters. The summed E-state index contributed by atoms with van der Waals surface area (Å²) in [6, 6.07) is 5.90. The first-order valence-corrected chi connectivity index (χ1v) is 7.86. The molecule has 0 aliphatic carbocycles. The lowest BCUT2D eigenvalue weighted by molar-refractivity contribution is -0.129. The van der Waals surface area contributed by atoms with Crippen molar-refractivity contribution in [3.8, 4) is 0 Å².